The van der Waals surface area contributed by atoms with Crippen LogP contribution in [0.4, 0.5) is 11.4 Å². The number of aromatic nitrogens is 1. The predicted molar refractivity (Wildman–Crippen MR) is 112 cm³/mol. The first-order valence-electron chi connectivity index (χ1n) is 8.54. The highest BCUT2D eigenvalue weighted by atomic mass is 32.2. The van der Waals surface area contributed by atoms with Crippen molar-refractivity contribution in [3.8, 4) is 0 Å². The Kier molecular flexibility index (Phi) is 4.78. The second-order valence-corrected chi connectivity index (χ2v) is 8.57. The predicted octanol–water partition coefficient (Wildman–Crippen LogP) is 3.22. The summed E-state index contributed by atoms with van der Waals surface area (Å²) >= 11 is 5.60. The summed E-state index contributed by atoms with van der Waals surface area (Å²) in [5.41, 5.74) is 2.15. The number of furan rings is 1. The minimum absolute atomic E-state index is 0.186. The van der Waals surface area contributed by atoms with Crippen LogP contribution in [0.15, 0.2) is 71.5 Å². The van der Waals surface area contributed by atoms with Crippen molar-refractivity contribution < 1.29 is 12.8 Å². The molecule has 1 aliphatic heterocycles. The van der Waals surface area contributed by atoms with E-state index in [1.807, 2.05) is 47.4 Å². The maximum atomic E-state index is 11.4. The van der Waals surface area contributed by atoms with Gasteiger partial charge in [0.1, 0.15) is 11.8 Å². The average molecular weight is 415 g/mol. The number of hydrogen-bond acceptors (Lipinski definition) is 5. The van der Waals surface area contributed by atoms with E-state index in [0.29, 0.717) is 10.8 Å². The van der Waals surface area contributed by atoms with Crippen LogP contribution >= 0.6 is 12.2 Å². The fraction of sp³-hybridized carbons (Fsp3) is 0.158. The molecule has 2 N–H and O–H groups in total. The molecule has 0 aliphatic carbocycles. The molecule has 3 heterocycles. The Morgan fingerprint density at radius 1 is 1.14 bits per heavy atom. The molecule has 1 saturated heterocycles. The minimum atomic E-state index is -3.34. The zero-order valence-electron chi connectivity index (χ0n) is 14.9. The summed E-state index contributed by atoms with van der Waals surface area (Å²) in [5, 5.41) is 3.88. The van der Waals surface area contributed by atoms with E-state index in [4.69, 9.17) is 16.6 Å². The molecule has 1 aliphatic rings. The normalized spacial score (nSPS) is 19.5. The van der Waals surface area contributed by atoms with Gasteiger partial charge in [0, 0.05) is 17.6 Å². The average Bonchev–Trinajstić information content (AvgIpc) is 3.29. The third-order valence-electron chi connectivity index (χ3n) is 4.38. The van der Waals surface area contributed by atoms with Gasteiger partial charge in [-0.2, -0.15) is 0 Å². The van der Waals surface area contributed by atoms with Gasteiger partial charge in [-0.15, -0.1) is 0 Å². The Hall–Kier alpha value is -2.91. The maximum absolute atomic E-state index is 11.4. The van der Waals surface area contributed by atoms with Crippen LogP contribution in [-0.2, 0) is 10.0 Å². The minimum Gasteiger partial charge on any atom is -0.467 e. The molecule has 0 saturated carbocycles. The van der Waals surface area contributed by atoms with Gasteiger partial charge in [0.2, 0.25) is 10.0 Å². The number of rotatable bonds is 5. The number of benzene rings is 1. The molecule has 7 nitrogen and oxygen atoms in total. The zero-order valence-corrected chi connectivity index (χ0v) is 16.6. The highest BCUT2D eigenvalue weighted by molar-refractivity contribution is 7.92. The van der Waals surface area contributed by atoms with Gasteiger partial charge in [0.05, 0.1) is 24.3 Å². The van der Waals surface area contributed by atoms with E-state index >= 15 is 0 Å². The van der Waals surface area contributed by atoms with Crippen molar-refractivity contribution in [2.75, 3.05) is 15.9 Å². The van der Waals surface area contributed by atoms with Crippen molar-refractivity contribution in [2.45, 2.75) is 12.1 Å². The maximum Gasteiger partial charge on any atom is 0.229 e. The Balaban J connectivity index is 1.71. The molecule has 0 radical (unpaired) electrons. The fourth-order valence-electron chi connectivity index (χ4n) is 3.29. The molecule has 1 aromatic carbocycles. The van der Waals surface area contributed by atoms with Crippen LogP contribution in [0.2, 0.25) is 0 Å². The molecule has 0 spiro atoms. The summed E-state index contributed by atoms with van der Waals surface area (Å²) in [7, 11) is -3.34. The molecule has 1 fully saturated rings. The fourth-order valence-corrected chi connectivity index (χ4v) is 4.20. The monoisotopic (exact) mass is 414 g/mol. The summed E-state index contributed by atoms with van der Waals surface area (Å²) in [6, 6.07) is 16.1. The highest BCUT2D eigenvalue weighted by Crippen LogP contribution is 2.41. The number of anilines is 2. The lowest BCUT2D eigenvalue weighted by atomic mass is 10.0. The Labute approximate surface area is 168 Å². The van der Waals surface area contributed by atoms with Crippen molar-refractivity contribution in [2.24, 2.45) is 0 Å². The number of nitrogens with one attached hydrogen (secondary N) is 2. The van der Waals surface area contributed by atoms with Gasteiger partial charge < -0.3 is 14.6 Å². The van der Waals surface area contributed by atoms with E-state index in [1.54, 1.807) is 24.6 Å². The van der Waals surface area contributed by atoms with Crippen molar-refractivity contribution in [3.63, 3.8) is 0 Å². The topological polar surface area (TPSA) is 87.5 Å². The van der Waals surface area contributed by atoms with Crippen molar-refractivity contribution in [1.82, 2.24) is 10.3 Å². The molecule has 2 atom stereocenters. The number of sulfonamides is 1. The molecule has 144 valence electrons. The second-order valence-electron chi connectivity index (χ2n) is 6.43. The Morgan fingerprint density at radius 3 is 2.54 bits per heavy atom. The standard InChI is InChI=1S/C19H18N4O3S2/c1-28(24,25)22-13-7-9-14(10-8-13)23-18(16-6-4-12-26-16)17(21-19(23)27)15-5-2-3-11-20-15/h2-12,17-18,22H,1H3,(H,21,27). The van der Waals surface area contributed by atoms with Gasteiger partial charge in [0.15, 0.2) is 5.11 Å². The third kappa shape index (κ3) is 3.71. The molecule has 2 unspecified atom stereocenters. The lowest BCUT2D eigenvalue weighted by Crippen LogP contribution is -2.29. The number of pyridine rings is 1. The molecule has 3 aromatic rings. The smallest absolute Gasteiger partial charge is 0.229 e. The van der Waals surface area contributed by atoms with Gasteiger partial charge in [-0.25, -0.2) is 8.42 Å². The van der Waals surface area contributed by atoms with E-state index in [2.05, 4.69) is 15.0 Å². The summed E-state index contributed by atoms with van der Waals surface area (Å²) in [6.07, 6.45) is 4.49. The second kappa shape index (κ2) is 7.25. The van der Waals surface area contributed by atoms with E-state index in [-0.39, 0.29) is 12.1 Å². The molecule has 28 heavy (non-hydrogen) atoms. The first-order valence-corrected chi connectivity index (χ1v) is 10.8. The van der Waals surface area contributed by atoms with Crippen LogP contribution < -0.4 is 14.9 Å². The zero-order chi connectivity index (χ0) is 19.7. The van der Waals surface area contributed by atoms with Crippen LogP contribution in [0.25, 0.3) is 0 Å². The molecule has 4 rings (SSSR count). The summed E-state index contributed by atoms with van der Waals surface area (Å²) in [6.45, 7) is 0. The molecular formula is C19H18N4O3S2. The number of nitrogens with zero attached hydrogens (tertiary/aromatic N) is 2. The first-order chi connectivity index (χ1) is 13.4. The largest absolute Gasteiger partial charge is 0.467 e. The Morgan fingerprint density at radius 2 is 1.93 bits per heavy atom. The highest BCUT2D eigenvalue weighted by Gasteiger charge is 2.42. The summed E-state index contributed by atoms with van der Waals surface area (Å²) < 4.78 is 31.0. The van der Waals surface area contributed by atoms with Crippen LogP contribution in [0, 0.1) is 0 Å². The van der Waals surface area contributed by atoms with Gasteiger partial charge in [-0.3, -0.25) is 9.71 Å². The lowest BCUT2D eigenvalue weighted by molar-refractivity contribution is 0.432. The van der Waals surface area contributed by atoms with Crippen LogP contribution in [0.3, 0.4) is 0 Å². The van der Waals surface area contributed by atoms with Gasteiger partial charge in [-0.1, -0.05) is 6.07 Å². The van der Waals surface area contributed by atoms with Gasteiger partial charge >= 0.3 is 0 Å². The first kappa shape index (κ1) is 18.5. The van der Waals surface area contributed by atoms with E-state index in [9.17, 15) is 8.42 Å². The summed E-state index contributed by atoms with van der Waals surface area (Å²) in [4.78, 5) is 6.43. The molecule has 0 amide bonds. The lowest BCUT2D eigenvalue weighted by Gasteiger charge is -2.26. The SMILES string of the molecule is CS(=O)(=O)Nc1ccc(N2C(=S)NC(c3ccccn3)C2c2ccco2)cc1. The van der Waals surface area contributed by atoms with Crippen molar-refractivity contribution in [1.29, 1.82) is 0 Å². The van der Waals surface area contributed by atoms with E-state index in [0.717, 1.165) is 23.4 Å². The number of thiocarbonyl (C=S) groups is 1. The third-order valence-corrected chi connectivity index (χ3v) is 5.30. The molecule has 2 aromatic heterocycles. The van der Waals surface area contributed by atoms with Crippen LogP contribution in [0.1, 0.15) is 23.5 Å². The summed E-state index contributed by atoms with van der Waals surface area (Å²) in [5.74, 6) is 0.751. The molecule has 0 bridgehead atoms. The van der Waals surface area contributed by atoms with E-state index in [1.165, 1.54) is 0 Å². The van der Waals surface area contributed by atoms with Crippen molar-refractivity contribution >= 4 is 38.7 Å². The Bertz CT molecular complexity index is 1070. The van der Waals surface area contributed by atoms with Crippen molar-refractivity contribution in [3.05, 3.63) is 78.5 Å². The van der Waals surface area contributed by atoms with Crippen LogP contribution in [-0.4, -0.2) is 24.8 Å². The number of hydrogen-bond donors (Lipinski definition) is 2. The molecule has 9 heteroatoms. The van der Waals surface area contributed by atoms with E-state index < -0.39 is 10.0 Å². The molecular weight excluding hydrogens is 396 g/mol. The van der Waals surface area contributed by atoms with Gasteiger partial charge in [-0.05, 0) is 60.7 Å². The van der Waals surface area contributed by atoms with Crippen LogP contribution in [0.5, 0.6) is 0 Å². The van der Waals surface area contributed by atoms with Gasteiger partial charge in [0.25, 0.3) is 0 Å². The quantitative estimate of drug-likeness (QED) is 0.620.